The zero-order valence-electron chi connectivity index (χ0n) is 30.6. The summed E-state index contributed by atoms with van der Waals surface area (Å²) in [4.78, 5) is 42.1. The molecule has 0 spiro atoms. The van der Waals surface area contributed by atoms with E-state index in [1.54, 1.807) is 0 Å². The van der Waals surface area contributed by atoms with Gasteiger partial charge in [-0.15, -0.1) is 0 Å². The van der Waals surface area contributed by atoms with Crippen LogP contribution in [0.5, 0.6) is 0 Å². The van der Waals surface area contributed by atoms with Crippen molar-refractivity contribution < 1.29 is 195 Å². The molecule has 0 radical (unpaired) electrons. The maximum absolute atomic E-state index is 10.5. The molecule has 0 heterocycles. The Morgan fingerprint density at radius 2 is 0.521 bits per heavy atom. The molecule has 4 N–H and O–H groups in total. The monoisotopic (exact) mass is 816 g/mol. The second-order valence-corrected chi connectivity index (χ2v) is 16.2. The van der Waals surface area contributed by atoms with Crippen molar-refractivity contribution in [1.29, 1.82) is 0 Å². The molecule has 4 unspecified atom stereocenters. The molecule has 272 valence electrons. The van der Waals surface area contributed by atoms with Crippen LogP contribution < -0.4 is 138 Å². The summed E-state index contributed by atoms with van der Waals surface area (Å²) < 4.78 is 59.8. The first-order valence-corrected chi connectivity index (χ1v) is 21.6. The molecule has 0 saturated carbocycles. The Bertz CT molecular complexity index is 694. The number of aliphatic hydroxyl groups is 4. The van der Waals surface area contributed by atoms with Crippen molar-refractivity contribution in [3.05, 3.63) is 0 Å². The van der Waals surface area contributed by atoms with Crippen LogP contribution in [0.1, 0.15) is 105 Å². The average Bonchev–Trinajstić information content (AvgIpc) is 2.99. The van der Waals surface area contributed by atoms with Gasteiger partial charge in [0.1, 0.15) is 25.4 Å². The fraction of sp³-hybridized carbons (Fsp3) is 1.00. The normalized spacial score (nSPS) is 14.9. The third-order valence-corrected chi connectivity index (χ3v) is 8.53. The van der Waals surface area contributed by atoms with E-state index >= 15 is 0 Å². The van der Waals surface area contributed by atoms with Gasteiger partial charge in [-0.25, -0.2) is 0 Å². The number of rotatable bonds is 24. The van der Waals surface area contributed by atoms with E-state index < -0.39 is 55.8 Å². The molecule has 0 aliphatic carbocycles. The average molecular weight is 817 g/mol. The minimum atomic E-state index is -3.91. The van der Waals surface area contributed by atoms with Crippen LogP contribution in [0.15, 0.2) is 0 Å². The first kappa shape index (κ1) is 70.3. The third kappa shape index (κ3) is 62.4. The minimum Gasteiger partial charge on any atom is -0.777 e. The van der Waals surface area contributed by atoms with Crippen LogP contribution in [0.2, 0.25) is 0 Å². The van der Waals surface area contributed by atoms with E-state index in [-0.39, 0.29) is 145 Å². The van der Waals surface area contributed by atoms with Crippen LogP contribution in [0.4, 0.5) is 0 Å². The molecule has 0 fully saturated rings. The standard InChI is InChI=1S/4C6H15O4P.4Na/c4*1-2-3-4-5-10-11(8,9)6-7;;;;/h4*7H,2-6H2,1H3,(H,8,9);;;;/q;;;;4*+1/p-4. The Balaban J connectivity index is -0.0000000721. The fourth-order valence-electron chi connectivity index (χ4n) is 2.39. The Labute approximate surface area is 376 Å². The Hall–Kier alpha value is 4.44. The largest absolute Gasteiger partial charge is 1.00 e. The molecule has 0 amide bonds. The van der Waals surface area contributed by atoms with E-state index in [2.05, 4.69) is 18.1 Å². The second kappa shape index (κ2) is 47.6. The number of aliphatic hydroxyl groups excluding tert-OH is 4. The van der Waals surface area contributed by atoms with E-state index in [4.69, 9.17) is 20.4 Å². The quantitative estimate of drug-likeness (QED) is 0.0400. The molecule has 0 aromatic rings. The van der Waals surface area contributed by atoms with Gasteiger partial charge in [0, 0.05) is 0 Å². The molecule has 0 saturated heterocycles. The van der Waals surface area contributed by atoms with Crippen LogP contribution in [-0.4, -0.2) is 72.2 Å². The maximum atomic E-state index is 10.5. The van der Waals surface area contributed by atoms with Crippen LogP contribution in [0.25, 0.3) is 0 Å². The Morgan fingerprint density at radius 3 is 0.625 bits per heavy atom. The van der Waals surface area contributed by atoms with E-state index in [0.29, 0.717) is 0 Å². The molecule has 0 aromatic carbocycles. The Kier molecular flexibility index (Phi) is 69.7. The molecular weight excluding hydrogens is 760 g/mol. The van der Waals surface area contributed by atoms with E-state index in [0.717, 1.165) is 77.0 Å². The third-order valence-electron chi connectivity index (χ3n) is 4.84. The molecule has 0 aliphatic heterocycles. The summed E-state index contributed by atoms with van der Waals surface area (Å²) in [6.07, 6.45) is 7.16. The first-order chi connectivity index (χ1) is 20.5. The van der Waals surface area contributed by atoms with Gasteiger partial charge in [0.25, 0.3) is 0 Å². The smallest absolute Gasteiger partial charge is 0.777 e. The van der Waals surface area contributed by atoms with Crippen molar-refractivity contribution in [1.82, 2.24) is 0 Å². The topological polar surface area (TPSA) is 278 Å². The van der Waals surface area contributed by atoms with E-state index in [1.165, 1.54) is 0 Å². The second-order valence-electron chi connectivity index (χ2n) is 9.17. The van der Waals surface area contributed by atoms with Crippen LogP contribution in [-0.2, 0) is 36.4 Å². The van der Waals surface area contributed by atoms with Gasteiger partial charge in [-0.05, 0) is 25.7 Å². The summed E-state index contributed by atoms with van der Waals surface area (Å²) in [5.74, 6) is 0. The van der Waals surface area contributed by atoms with Crippen molar-refractivity contribution in [2.75, 3.05) is 51.8 Å². The van der Waals surface area contributed by atoms with Gasteiger partial charge < -0.3 is 76.4 Å². The first-order valence-electron chi connectivity index (χ1n) is 14.7. The zero-order chi connectivity index (χ0) is 35.0. The molecule has 24 heteroatoms. The fourth-order valence-corrected chi connectivity index (χ4v) is 4.34. The van der Waals surface area contributed by atoms with Crippen LogP contribution in [0, 0.1) is 0 Å². The number of unbranched alkanes of at least 4 members (excludes halogenated alkanes) is 8. The molecule has 0 aromatic heterocycles. The predicted octanol–water partition coefficient (Wildman–Crippen LogP) is -9.20. The molecular formula is C24H56Na4O16P4. The summed E-state index contributed by atoms with van der Waals surface area (Å²) >= 11 is 0. The van der Waals surface area contributed by atoms with Crippen molar-refractivity contribution in [2.45, 2.75) is 105 Å². The summed E-state index contributed by atoms with van der Waals surface area (Å²) in [7, 11) is -15.6. The van der Waals surface area contributed by atoms with Crippen molar-refractivity contribution in [3.63, 3.8) is 0 Å². The molecule has 48 heavy (non-hydrogen) atoms. The van der Waals surface area contributed by atoms with E-state index in [1.807, 2.05) is 27.7 Å². The van der Waals surface area contributed by atoms with Gasteiger partial charge >= 0.3 is 118 Å². The Morgan fingerprint density at radius 1 is 0.375 bits per heavy atom. The summed E-state index contributed by atoms with van der Waals surface area (Å²) in [5.41, 5.74) is 0. The molecule has 0 rings (SSSR count). The van der Waals surface area contributed by atoms with Gasteiger partial charge in [-0.2, -0.15) is 0 Å². The van der Waals surface area contributed by atoms with Gasteiger partial charge in [-0.1, -0.05) is 79.1 Å². The molecule has 0 bridgehead atoms. The summed E-state index contributed by atoms with van der Waals surface area (Å²) in [6, 6.07) is 0. The molecule has 16 nitrogen and oxygen atoms in total. The van der Waals surface area contributed by atoms with Gasteiger partial charge in [0.2, 0.25) is 0 Å². The van der Waals surface area contributed by atoms with Crippen molar-refractivity contribution in [3.8, 4) is 0 Å². The van der Waals surface area contributed by atoms with Crippen LogP contribution in [0.3, 0.4) is 0 Å². The van der Waals surface area contributed by atoms with E-state index in [9.17, 15) is 37.8 Å². The predicted molar refractivity (Wildman–Crippen MR) is 161 cm³/mol. The van der Waals surface area contributed by atoms with Crippen LogP contribution >= 0.6 is 30.4 Å². The van der Waals surface area contributed by atoms with Crippen molar-refractivity contribution >= 4 is 30.4 Å². The van der Waals surface area contributed by atoms with Gasteiger partial charge in [0.05, 0.1) is 26.4 Å². The minimum absolute atomic E-state index is 0. The summed E-state index contributed by atoms with van der Waals surface area (Å²) in [5, 5.41) is 33.0. The number of hydrogen-bond donors (Lipinski definition) is 4. The maximum Gasteiger partial charge on any atom is 1.00 e. The SMILES string of the molecule is CCCCCOP(=O)([O-])CO.CCCCCOP(=O)([O-])CO.CCCCCOP(=O)([O-])CO.CCCCCOP(=O)([O-])CO.[Na+].[Na+].[Na+].[Na+]. The number of hydrogen-bond acceptors (Lipinski definition) is 16. The molecule has 0 aliphatic rings. The zero-order valence-corrected chi connectivity index (χ0v) is 42.2. The molecule has 4 atom stereocenters. The summed E-state index contributed by atoms with van der Waals surface area (Å²) in [6.45, 7) is 8.83. The van der Waals surface area contributed by atoms with Gasteiger partial charge in [0.15, 0.2) is 30.4 Å². The van der Waals surface area contributed by atoms with Crippen molar-refractivity contribution in [2.24, 2.45) is 0 Å². The van der Waals surface area contributed by atoms with Gasteiger partial charge in [-0.3, -0.25) is 0 Å².